The van der Waals surface area contributed by atoms with E-state index in [0.29, 0.717) is 17.8 Å². The average Bonchev–Trinajstić information content (AvgIpc) is 3.14. The van der Waals surface area contributed by atoms with Crippen LogP contribution >= 0.6 is 11.3 Å². The first-order valence-corrected chi connectivity index (χ1v) is 9.15. The Balaban J connectivity index is 1.91. The van der Waals surface area contributed by atoms with Crippen LogP contribution in [0.3, 0.4) is 0 Å². The van der Waals surface area contributed by atoms with E-state index < -0.39 is 6.04 Å². The minimum absolute atomic E-state index is 0.00447. The third-order valence-electron chi connectivity index (χ3n) is 3.87. The van der Waals surface area contributed by atoms with E-state index >= 15 is 0 Å². The van der Waals surface area contributed by atoms with Gasteiger partial charge in [-0.2, -0.15) is 0 Å². The molecule has 1 heterocycles. The molecule has 25 heavy (non-hydrogen) atoms. The molecular weight excluding hydrogens is 336 g/mol. The zero-order valence-corrected chi connectivity index (χ0v) is 15.6. The lowest BCUT2D eigenvalue weighted by Gasteiger charge is -2.21. The summed E-state index contributed by atoms with van der Waals surface area (Å²) in [7, 11) is 1.63. The van der Waals surface area contributed by atoms with Crippen molar-refractivity contribution >= 4 is 23.2 Å². The number of amides is 2. The van der Waals surface area contributed by atoms with Crippen LogP contribution in [0.5, 0.6) is 5.75 Å². The number of hydrogen-bond donors (Lipinski definition) is 2. The van der Waals surface area contributed by atoms with Crippen LogP contribution in [0, 0.1) is 5.92 Å². The predicted octanol–water partition coefficient (Wildman–Crippen LogP) is 2.87. The van der Waals surface area contributed by atoms with E-state index in [9.17, 15) is 9.59 Å². The minimum atomic E-state index is -0.563. The number of benzene rings is 1. The van der Waals surface area contributed by atoms with Gasteiger partial charge < -0.3 is 15.4 Å². The highest BCUT2D eigenvalue weighted by atomic mass is 32.1. The summed E-state index contributed by atoms with van der Waals surface area (Å²) < 4.78 is 5.31. The molecule has 0 spiro atoms. The topological polar surface area (TPSA) is 67.4 Å². The number of carbonyl (C=O) groups is 2. The Morgan fingerprint density at radius 2 is 1.92 bits per heavy atom. The van der Waals surface area contributed by atoms with E-state index in [1.54, 1.807) is 13.2 Å². The Bertz CT molecular complexity index is 698. The summed E-state index contributed by atoms with van der Waals surface area (Å²) in [5.41, 5.74) is 1.04. The number of nitrogens with one attached hydrogen (secondary N) is 2. The molecule has 2 rings (SSSR count). The normalized spacial score (nSPS) is 11.8. The van der Waals surface area contributed by atoms with Crippen molar-refractivity contribution in [2.45, 2.75) is 26.3 Å². The van der Waals surface area contributed by atoms with E-state index in [0.717, 1.165) is 11.3 Å². The van der Waals surface area contributed by atoms with Crippen molar-refractivity contribution < 1.29 is 14.3 Å². The molecule has 1 unspecified atom stereocenters. The summed E-state index contributed by atoms with van der Waals surface area (Å²) >= 11 is 1.36. The second kappa shape index (κ2) is 9.22. The molecule has 0 aliphatic carbocycles. The summed E-state index contributed by atoms with van der Waals surface area (Å²) in [5.74, 6) is 0.418. The van der Waals surface area contributed by atoms with E-state index in [1.807, 2.05) is 49.6 Å². The molecule has 2 aromatic rings. The van der Waals surface area contributed by atoms with Crippen molar-refractivity contribution in [1.82, 2.24) is 10.6 Å². The first-order chi connectivity index (χ1) is 12.0. The first-order valence-electron chi connectivity index (χ1n) is 8.27. The van der Waals surface area contributed by atoms with Gasteiger partial charge in [-0.3, -0.25) is 9.59 Å². The minimum Gasteiger partial charge on any atom is -0.496 e. The fourth-order valence-electron chi connectivity index (χ4n) is 2.49. The smallest absolute Gasteiger partial charge is 0.262 e. The maximum atomic E-state index is 12.5. The molecule has 0 aliphatic rings. The number of para-hydroxylation sites is 1. The SMILES string of the molecule is COc1ccccc1CCNC(=O)C(NC(=O)c1cccs1)C(C)C. The fraction of sp³-hybridized carbons (Fsp3) is 0.368. The van der Waals surface area contributed by atoms with Crippen LogP contribution in [0.2, 0.25) is 0 Å². The Kier molecular flexibility index (Phi) is 7.01. The van der Waals surface area contributed by atoms with Crippen molar-refractivity contribution in [2.75, 3.05) is 13.7 Å². The number of thiophene rings is 1. The van der Waals surface area contributed by atoms with E-state index in [2.05, 4.69) is 10.6 Å². The number of carbonyl (C=O) groups excluding carboxylic acids is 2. The van der Waals surface area contributed by atoms with Gasteiger partial charge in [0.15, 0.2) is 0 Å². The van der Waals surface area contributed by atoms with Crippen molar-refractivity contribution in [1.29, 1.82) is 0 Å². The van der Waals surface area contributed by atoms with Crippen molar-refractivity contribution in [2.24, 2.45) is 5.92 Å². The molecule has 134 valence electrons. The Labute approximate surface area is 152 Å². The van der Waals surface area contributed by atoms with Crippen LogP contribution in [0.1, 0.15) is 29.1 Å². The molecule has 0 radical (unpaired) electrons. The third-order valence-corrected chi connectivity index (χ3v) is 4.74. The van der Waals surface area contributed by atoms with Gasteiger partial charge in [-0.15, -0.1) is 11.3 Å². The zero-order chi connectivity index (χ0) is 18.2. The van der Waals surface area contributed by atoms with Gasteiger partial charge in [-0.05, 0) is 35.4 Å². The molecule has 2 amide bonds. The number of hydrogen-bond acceptors (Lipinski definition) is 4. The molecule has 0 aliphatic heterocycles. The molecule has 0 fully saturated rings. The summed E-state index contributed by atoms with van der Waals surface area (Å²) in [6.45, 7) is 4.32. The van der Waals surface area contributed by atoms with Crippen molar-refractivity contribution in [3.05, 3.63) is 52.2 Å². The quantitative estimate of drug-likeness (QED) is 0.761. The van der Waals surface area contributed by atoms with Gasteiger partial charge in [-0.1, -0.05) is 38.1 Å². The summed E-state index contributed by atoms with van der Waals surface area (Å²) in [4.78, 5) is 25.3. The molecule has 1 aromatic heterocycles. The van der Waals surface area contributed by atoms with E-state index in [1.165, 1.54) is 11.3 Å². The molecule has 1 aromatic carbocycles. The van der Waals surface area contributed by atoms with Gasteiger partial charge in [0, 0.05) is 6.54 Å². The van der Waals surface area contributed by atoms with Gasteiger partial charge in [0.25, 0.3) is 5.91 Å². The van der Waals surface area contributed by atoms with Gasteiger partial charge in [0.05, 0.1) is 12.0 Å². The fourth-order valence-corrected chi connectivity index (χ4v) is 3.12. The Hall–Kier alpha value is -2.34. The highest BCUT2D eigenvalue weighted by Gasteiger charge is 2.24. The standard InChI is InChI=1S/C19H24N2O3S/c1-13(2)17(21-18(22)16-9-6-12-25-16)19(23)20-11-10-14-7-4-5-8-15(14)24-3/h4-9,12-13,17H,10-11H2,1-3H3,(H,20,23)(H,21,22). The van der Waals surface area contributed by atoms with Crippen molar-refractivity contribution in [3.8, 4) is 5.75 Å². The highest BCUT2D eigenvalue weighted by Crippen LogP contribution is 2.17. The second-order valence-electron chi connectivity index (χ2n) is 6.03. The molecular formula is C19H24N2O3S. The van der Waals surface area contributed by atoms with Crippen LogP contribution in [0.25, 0.3) is 0 Å². The van der Waals surface area contributed by atoms with Crippen LogP contribution in [0.4, 0.5) is 0 Å². The summed E-state index contributed by atoms with van der Waals surface area (Å²) in [6.07, 6.45) is 0.666. The van der Waals surface area contributed by atoms with E-state index in [4.69, 9.17) is 4.74 Å². The molecule has 0 saturated carbocycles. The number of ether oxygens (including phenoxy) is 1. The van der Waals surface area contributed by atoms with Gasteiger partial charge in [-0.25, -0.2) is 0 Å². The largest absolute Gasteiger partial charge is 0.496 e. The zero-order valence-electron chi connectivity index (χ0n) is 14.7. The lowest BCUT2D eigenvalue weighted by Crippen LogP contribution is -2.49. The highest BCUT2D eigenvalue weighted by molar-refractivity contribution is 7.12. The Morgan fingerprint density at radius 3 is 2.56 bits per heavy atom. The molecule has 0 bridgehead atoms. The number of methoxy groups -OCH3 is 1. The van der Waals surface area contributed by atoms with Gasteiger partial charge >= 0.3 is 0 Å². The van der Waals surface area contributed by atoms with Gasteiger partial charge in [0.2, 0.25) is 5.91 Å². The van der Waals surface area contributed by atoms with Gasteiger partial charge in [0.1, 0.15) is 11.8 Å². The first kappa shape index (κ1) is 19.0. The van der Waals surface area contributed by atoms with Crippen LogP contribution in [0.15, 0.2) is 41.8 Å². The van der Waals surface area contributed by atoms with Crippen LogP contribution < -0.4 is 15.4 Å². The van der Waals surface area contributed by atoms with E-state index in [-0.39, 0.29) is 17.7 Å². The molecule has 5 nitrogen and oxygen atoms in total. The van der Waals surface area contributed by atoms with Crippen LogP contribution in [-0.2, 0) is 11.2 Å². The third kappa shape index (κ3) is 5.32. The summed E-state index contributed by atoms with van der Waals surface area (Å²) in [6, 6.07) is 10.7. The second-order valence-corrected chi connectivity index (χ2v) is 6.97. The monoisotopic (exact) mass is 360 g/mol. The van der Waals surface area contributed by atoms with Crippen molar-refractivity contribution in [3.63, 3.8) is 0 Å². The molecule has 0 saturated heterocycles. The van der Waals surface area contributed by atoms with Crippen LogP contribution in [-0.4, -0.2) is 31.5 Å². The lowest BCUT2D eigenvalue weighted by atomic mass is 10.0. The molecule has 6 heteroatoms. The predicted molar refractivity (Wildman–Crippen MR) is 100 cm³/mol. The number of rotatable bonds is 8. The maximum Gasteiger partial charge on any atom is 0.262 e. The Morgan fingerprint density at radius 1 is 1.16 bits per heavy atom. The molecule has 1 atom stereocenters. The molecule has 2 N–H and O–H groups in total. The maximum absolute atomic E-state index is 12.5. The lowest BCUT2D eigenvalue weighted by molar-refractivity contribution is -0.123. The average molecular weight is 360 g/mol. The summed E-state index contributed by atoms with van der Waals surface area (Å²) in [5, 5.41) is 7.57.